The van der Waals surface area contributed by atoms with Gasteiger partial charge in [-0.05, 0) is 0 Å². The van der Waals surface area contributed by atoms with Gasteiger partial charge in [-0.15, -0.1) is 0 Å². The average molecular weight is 225 g/mol. The number of nitrogens with zero attached hydrogens (tertiary/aromatic N) is 3. The van der Waals surface area contributed by atoms with Gasteiger partial charge in [0.1, 0.15) is 5.82 Å². The number of anilines is 1. The Morgan fingerprint density at radius 2 is 2.19 bits per heavy atom. The summed E-state index contributed by atoms with van der Waals surface area (Å²) in [5.74, 6) is 0.120. The SMILES string of the molecule is COCCN(C)c1cncc(C(=O)OC)n1. The molecule has 0 radical (unpaired) electrons. The zero-order valence-corrected chi connectivity index (χ0v) is 9.64. The van der Waals surface area contributed by atoms with Crippen molar-refractivity contribution >= 4 is 11.8 Å². The van der Waals surface area contributed by atoms with E-state index in [0.29, 0.717) is 19.0 Å². The van der Waals surface area contributed by atoms with Crippen molar-refractivity contribution in [2.45, 2.75) is 0 Å². The molecule has 0 amide bonds. The molecule has 0 aliphatic rings. The number of carbonyl (C=O) groups excluding carboxylic acids is 1. The molecule has 6 heteroatoms. The van der Waals surface area contributed by atoms with Crippen LogP contribution in [0.1, 0.15) is 10.5 Å². The molecule has 88 valence electrons. The summed E-state index contributed by atoms with van der Waals surface area (Å²) in [6.07, 6.45) is 2.96. The van der Waals surface area contributed by atoms with E-state index in [2.05, 4.69) is 14.7 Å². The lowest BCUT2D eigenvalue weighted by Crippen LogP contribution is -2.24. The third-order valence-corrected chi connectivity index (χ3v) is 2.04. The number of rotatable bonds is 5. The Morgan fingerprint density at radius 1 is 1.44 bits per heavy atom. The Kier molecular flexibility index (Phi) is 4.65. The van der Waals surface area contributed by atoms with Crippen LogP contribution in [0.15, 0.2) is 12.4 Å². The average Bonchev–Trinajstić information content (AvgIpc) is 2.35. The molecule has 1 aromatic rings. The summed E-state index contributed by atoms with van der Waals surface area (Å²) in [5.41, 5.74) is 0.198. The Morgan fingerprint density at radius 3 is 2.81 bits per heavy atom. The quantitative estimate of drug-likeness (QED) is 0.673. The fraction of sp³-hybridized carbons (Fsp3) is 0.500. The van der Waals surface area contributed by atoms with Crippen LogP contribution in [-0.4, -0.2) is 50.4 Å². The first kappa shape index (κ1) is 12.4. The number of ether oxygens (including phenoxy) is 2. The Labute approximate surface area is 94.2 Å². The number of hydrogen-bond donors (Lipinski definition) is 0. The monoisotopic (exact) mass is 225 g/mol. The number of carbonyl (C=O) groups is 1. The van der Waals surface area contributed by atoms with Gasteiger partial charge in [-0.1, -0.05) is 0 Å². The van der Waals surface area contributed by atoms with Crippen LogP contribution in [0, 0.1) is 0 Å². The van der Waals surface area contributed by atoms with E-state index in [-0.39, 0.29) is 5.69 Å². The molecule has 0 aliphatic heterocycles. The second-order valence-corrected chi connectivity index (χ2v) is 3.17. The fourth-order valence-electron chi connectivity index (χ4n) is 1.09. The van der Waals surface area contributed by atoms with Crippen molar-refractivity contribution in [3.05, 3.63) is 18.1 Å². The molecule has 0 saturated carbocycles. The molecule has 0 saturated heterocycles. The third kappa shape index (κ3) is 3.16. The van der Waals surface area contributed by atoms with Gasteiger partial charge in [-0.2, -0.15) is 0 Å². The van der Waals surface area contributed by atoms with Gasteiger partial charge in [-0.3, -0.25) is 4.98 Å². The van der Waals surface area contributed by atoms with Crippen molar-refractivity contribution in [3.63, 3.8) is 0 Å². The van der Waals surface area contributed by atoms with Gasteiger partial charge in [0.25, 0.3) is 0 Å². The van der Waals surface area contributed by atoms with Crippen LogP contribution in [-0.2, 0) is 9.47 Å². The molecule has 1 heterocycles. The topological polar surface area (TPSA) is 64.5 Å². The lowest BCUT2D eigenvalue weighted by Gasteiger charge is -2.17. The summed E-state index contributed by atoms with van der Waals surface area (Å²) in [5, 5.41) is 0. The molecular formula is C10H15N3O3. The van der Waals surface area contributed by atoms with E-state index in [4.69, 9.17) is 4.74 Å². The fourth-order valence-corrected chi connectivity index (χ4v) is 1.09. The maximum absolute atomic E-state index is 11.2. The first-order valence-corrected chi connectivity index (χ1v) is 4.79. The smallest absolute Gasteiger partial charge is 0.358 e. The highest BCUT2D eigenvalue weighted by molar-refractivity contribution is 5.87. The summed E-state index contributed by atoms with van der Waals surface area (Å²) in [6.45, 7) is 1.26. The predicted molar refractivity (Wildman–Crippen MR) is 58.5 cm³/mol. The van der Waals surface area contributed by atoms with Gasteiger partial charge in [0.2, 0.25) is 0 Å². The minimum atomic E-state index is -0.491. The molecule has 0 aliphatic carbocycles. The third-order valence-electron chi connectivity index (χ3n) is 2.04. The van der Waals surface area contributed by atoms with Gasteiger partial charge in [0.05, 0.1) is 26.1 Å². The second kappa shape index (κ2) is 6.02. The maximum atomic E-state index is 11.2. The van der Waals surface area contributed by atoms with E-state index >= 15 is 0 Å². The van der Waals surface area contributed by atoms with Gasteiger partial charge in [0, 0.05) is 20.7 Å². The van der Waals surface area contributed by atoms with E-state index in [9.17, 15) is 4.79 Å². The highest BCUT2D eigenvalue weighted by atomic mass is 16.5. The first-order valence-electron chi connectivity index (χ1n) is 4.79. The lowest BCUT2D eigenvalue weighted by atomic mass is 10.4. The number of hydrogen-bond acceptors (Lipinski definition) is 6. The highest BCUT2D eigenvalue weighted by Gasteiger charge is 2.10. The number of likely N-dealkylation sites (N-methyl/N-ethyl adjacent to an activating group) is 1. The van der Waals surface area contributed by atoms with Crippen molar-refractivity contribution in [2.24, 2.45) is 0 Å². The molecule has 16 heavy (non-hydrogen) atoms. The van der Waals surface area contributed by atoms with Gasteiger partial charge >= 0.3 is 5.97 Å². The lowest BCUT2D eigenvalue weighted by molar-refractivity contribution is 0.0593. The molecule has 0 fully saturated rings. The molecular weight excluding hydrogens is 210 g/mol. The zero-order valence-electron chi connectivity index (χ0n) is 9.64. The van der Waals surface area contributed by atoms with Crippen molar-refractivity contribution in [2.75, 3.05) is 39.3 Å². The minimum Gasteiger partial charge on any atom is -0.464 e. The maximum Gasteiger partial charge on any atom is 0.358 e. The molecule has 0 aromatic carbocycles. The van der Waals surface area contributed by atoms with Crippen LogP contribution in [0.3, 0.4) is 0 Å². The van der Waals surface area contributed by atoms with Crippen molar-refractivity contribution in [3.8, 4) is 0 Å². The summed E-state index contributed by atoms with van der Waals surface area (Å²) >= 11 is 0. The van der Waals surface area contributed by atoms with Crippen LogP contribution in [0.2, 0.25) is 0 Å². The summed E-state index contributed by atoms with van der Waals surface area (Å²) in [4.78, 5) is 21.2. The number of esters is 1. The standard InChI is InChI=1S/C10H15N3O3/c1-13(4-5-15-2)9-7-11-6-8(12-9)10(14)16-3/h6-7H,4-5H2,1-3H3. The Balaban J connectivity index is 2.77. The van der Waals surface area contributed by atoms with Gasteiger partial charge in [-0.25, -0.2) is 9.78 Å². The molecule has 1 aromatic heterocycles. The summed E-state index contributed by atoms with van der Waals surface area (Å²) in [6, 6.07) is 0. The minimum absolute atomic E-state index is 0.198. The van der Waals surface area contributed by atoms with Crippen LogP contribution >= 0.6 is 0 Å². The van der Waals surface area contributed by atoms with Gasteiger partial charge < -0.3 is 14.4 Å². The molecule has 0 N–H and O–H groups in total. The van der Waals surface area contributed by atoms with E-state index in [1.807, 2.05) is 11.9 Å². The van der Waals surface area contributed by atoms with Crippen molar-refractivity contribution in [1.82, 2.24) is 9.97 Å². The Bertz CT molecular complexity index is 357. The normalized spacial score (nSPS) is 9.94. The van der Waals surface area contributed by atoms with Crippen LogP contribution in [0.25, 0.3) is 0 Å². The van der Waals surface area contributed by atoms with E-state index in [0.717, 1.165) is 0 Å². The van der Waals surface area contributed by atoms with Gasteiger partial charge in [0.15, 0.2) is 5.69 Å². The number of aromatic nitrogens is 2. The molecule has 0 spiro atoms. The number of methoxy groups -OCH3 is 2. The highest BCUT2D eigenvalue weighted by Crippen LogP contribution is 2.07. The van der Waals surface area contributed by atoms with E-state index in [1.54, 1.807) is 13.3 Å². The van der Waals surface area contributed by atoms with Crippen molar-refractivity contribution in [1.29, 1.82) is 0 Å². The molecule has 6 nitrogen and oxygen atoms in total. The Hall–Kier alpha value is -1.69. The largest absolute Gasteiger partial charge is 0.464 e. The molecule has 0 atom stereocenters. The first-order chi connectivity index (χ1) is 7.69. The van der Waals surface area contributed by atoms with Crippen molar-refractivity contribution < 1.29 is 14.3 Å². The van der Waals surface area contributed by atoms with Crippen LogP contribution in [0.4, 0.5) is 5.82 Å². The summed E-state index contributed by atoms with van der Waals surface area (Å²) < 4.78 is 9.52. The molecule has 1 rings (SSSR count). The van der Waals surface area contributed by atoms with Crippen LogP contribution < -0.4 is 4.90 Å². The predicted octanol–water partition coefficient (Wildman–Crippen LogP) is 0.346. The zero-order chi connectivity index (χ0) is 12.0. The summed E-state index contributed by atoms with van der Waals surface area (Å²) in [7, 11) is 4.79. The van der Waals surface area contributed by atoms with Crippen LogP contribution in [0.5, 0.6) is 0 Å². The van der Waals surface area contributed by atoms with E-state index in [1.165, 1.54) is 13.3 Å². The molecule has 0 bridgehead atoms. The molecule has 0 unspecified atom stereocenters. The van der Waals surface area contributed by atoms with E-state index < -0.39 is 5.97 Å². The second-order valence-electron chi connectivity index (χ2n) is 3.17.